The highest BCUT2D eigenvalue weighted by Crippen LogP contribution is 2.45. The molecule has 6 rings (SSSR count). The van der Waals surface area contributed by atoms with Gasteiger partial charge in [0.15, 0.2) is 11.6 Å². The molecule has 2 heterocycles. The van der Waals surface area contributed by atoms with Crippen LogP contribution in [0.5, 0.6) is 0 Å². The summed E-state index contributed by atoms with van der Waals surface area (Å²) in [5.74, 6) is -3.27. The fourth-order valence-corrected chi connectivity index (χ4v) is 4.65. The van der Waals surface area contributed by atoms with Crippen molar-refractivity contribution >= 4 is 49.1 Å². The Bertz CT molecular complexity index is 1840. The van der Waals surface area contributed by atoms with Gasteiger partial charge in [-0.3, -0.25) is 4.40 Å². The molecule has 8 heteroatoms. The molecule has 0 aliphatic heterocycles. The highest BCUT2D eigenvalue weighted by atomic mass is 19.4. The molecule has 0 atom stereocenters. The zero-order valence-electron chi connectivity index (χ0n) is 16.5. The average Bonchev–Trinajstić information content (AvgIpc) is 3.18. The molecule has 2 aromatic heterocycles. The molecule has 4 aromatic carbocycles. The number of para-hydroxylation sites is 2. The smallest absolute Gasteiger partial charge is 0.291 e. The minimum absolute atomic E-state index is 0.137. The van der Waals surface area contributed by atoms with Gasteiger partial charge >= 0.3 is 6.18 Å². The number of nitrogens with zero attached hydrogens (tertiary/aromatic N) is 3. The first-order chi connectivity index (χ1) is 15.8. The fraction of sp³-hybridized carbons (Fsp3) is 0.0400. The van der Waals surface area contributed by atoms with Gasteiger partial charge in [-0.15, -0.1) is 0 Å². The highest BCUT2D eigenvalue weighted by molar-refractivity contribution is 6.24. The van der Waals surface area contributed by atoms with Gasteiger partial charge in [0.05, 0.1) is 16.6 Å². The second kappa shape index (κ2) is 6.39. The Hall–Kier alpha value is -4.25. The summed E-state index contributed by atoms with van der Waals surface area (Å²) in [5.41, 5.74) is -2.90. The molecule has 0 bridgehead atoms. The number of pyridine rings is 1. The first-order valence-electron chi connectivity index (χ1n) is 9.85. The number of hydrogen-bond acceptors (Lipinski definition) is 2. The standard InChI is InChI=1S/C25H10F5N3/c26-21-15(11-31)22(27)20(25(28,29)30)23-19(21)18-13-6-2-1-5-12(13)9-10-14(18)24-32-16-7-3-4-8-17(16)33(23)24/h1-10H. The van der Waals surface area contributed by atoms with Gasteiger partial charge in [0, 0.05) is 16.2 Å². The van der Waals surface area contributed by atoms with Crippen LogP contribution in [-0.2, 0) is 6.18 Å². The van der Waals surface area contributed by atoms with Gasteiger partial charge in [0.2, 0.25) is 0 Å². The predicted octanol–water partition coefficient (Wildman–Crippen LogP) is 7.12. The summed E-state index contributed by atoms with van der Waals surface area (Å²) in [4.78, 5) is 4.51. The summed E-state index contributed by atoms with van der Waals surface area (Å²) in [6.45, 7) is 0. The number of benzene rings is 4. The van der Waals surface area contributed by atoms with Gasteiger partial charge in [-0.2, -0.15) is 18.4 Å². The zero-order chi connectivity index (χ0) is 23.1. The van der Waals surface area contributed by atoms with E-state index in [1.165, 1.54) is 12.1 Å². The molecular formula is C25H10F5N3. The summed E-state index contributed by atoms with van der Waals surface area (Å²) in [7, 11) is 0. The van der Waals surface area contributed by atoms with Crippen LogP contribution in [0.3, 0.4) is 0 Å². The number of hydrogen-bond donors (Lipinski definition) is 0. The van der Waals surface area contributed by atoms with Crippen LogP contribution in [0.1, 0.15) is 11.1 Å². The van der Waals surface area contributed by atoms with Crippen molar-refractivity contribution in [3.63, 3.8) is 0 Å². The van der Waals surface area contributed by atoms with Gasteiger partial charge in [-0.25, -0.2) is 13.8 Å². The van der Waals surface area contributed by atoms with Crippen LogP contribution in [0.15, 0.2) is 60.7 Å². The van der Waals surface area contributed by atoms with Crippen LogP contribution >= 0.6 is 0 Å². The van der Waals surface area contributed by atoms with E-state index in [1.807, 2.05) is 0 Å². The zero-order valence-corrected chi connectivity index (χ0v) is 16.5. The minimum Gasteiger partial charge on any atom is -0.291 e. The van der Waals surface area contributed by atoms with Gasteiger partial charge in [-0.05, 0) is 29.0 Å². The van der Waals surface area contributed by atoms with Crippen LogP contribution in [0.2, 0.25) is 0 Å². The lowest BCUT2D eigenvalue weighted by atomic mass is 9.94. The van der Waals surface area contributed by atoms with Crippen LogP contribution < -0.4 is 0 Å². The maximum Gasteiger partial charge on any atom is 0.421 e. The van der Waals surface area contributed by atoms with Crippen molar-refractivity contribution in [3.05, 3.63) is 83.4 Å². The van der Waals surface area contributed by atoms with E-state index in [1.54, 1.807) is 54.6 Å². The van der Waals surface area contributed by atoms with Crippen molar-refractivity contribution in [1.82, 2.24) is 9.38 Å². The Kier molecular flexibility index (Phi) is 3.76. The van der Waals surface area contributed by atoms with Crippen molar-refractivity contribution < 1.29 is 22.0 Å². The highest BCUT2D eigenvalue weighted by Gasteiger charge is 2.41. The molecule has 0 aliphatic rings. The largest absolute Gasteiger partial charge is 0.421 e. The van der Waals surface area contributed by atoms with E-state index < -0.39 is 39.8 Å². The summed E-state index contributed by atoms with van der Waals surface area (Å²) < 4.78 is 74.8. The van der Waals surface area contributed by atoms with E-state index in [-0.39, 0.29) is 16.6 Å². The van der Waals surface area contributed by atoms with Crippen LogP contribution in [0.4, 0.5) is 22.0 Å². The number of rotatable bonds is 0. The molecule has 0 radical (unpaired) electrons. The third kappa shape index (κ3) is 2.44. The van der Waals surface area contributed by atoms with Gasteiger partial charge in [0.1, 0.15) is 22.8 Å². The molecule has 3 nitrogen and oxygen atoms in total. The lowest BCUT2D eigenvalue weighted by Crippen LogP contribution is -2.14. The molecule has 33 heavy (non-hydrogen) atoms. The maximum absolute atomic E-state index is 15.7. The average molecular weight is 447 g/mol. The number of nitriles is 1. The molecular weight excluding hydrogens is 437 g/mol. The second-order valence-corrected chi connectivity index (χ2v) is 7.68. The van der Waals surface area contributed by atoms with E-state index in [4.69, 9.17) is 0 Å². The molecule has 0 fully saturated rings. The van der Waals surface area contributed by atoms with Crippen LogP contribution in [0.25, 0.3) is 49.1 Å². The molecule has 6 aromatic rings. The molecule has 160 valence electrons. The summed E-state index contributed by atoms with van der Waals surface area (Å²) in [6.07, 6.45) is -5.20. The summed E-state index contributed by atoms with van der Waals surface area (Å²) in [6, 6.07) is 18.0. The van der Waals surface area contributed by atoms with Crippen molar-refractivity contribution in [2.75, 3.05) is 0 Å². The van der Waals surface area contributed by atoms with Crippen molar-refractivity contribution in [2.24, 2.45) is 0 Å². The van der Waals surface area contributed by atoms with E-state index in [0.29, 0.717) is 21.7 Å². The maximum atomic E-state index is 15.7. The Morgan fingerprint density at radius 2 is 1.55 bits per heavy atom. The Balaban J connectivity index is 2.12. The molecule has 0 aliphatic carbocycles. The predicted molar refractivity (Wildman–Crippen MR) is 115 cm³/mol. The molecule has 0 unspecified atom stereocenters. The second-order valence-electron chi connectivity index (χ2n) is 7.68. The summed E-state index contributed by atoms with van der Waals surface area (Å²) >= 11 is 0. The van der Waals surface area contributed by atoms with E-state index in [2.05, 4.69) is 4.98 Å². The minimum atomic E-state index is -5.20. The number of fused-ring (bicyclic) bond motifs is 10. The van der Waals surface area contributed by atoms with Crippen LogP contribution in [0, 0.1) is 23.0 Å². The van der Waals surface area contributed by atoms with Crippen molar-refractivity contribution in [2.45, 2.75) is 6.18 Å². The molecule has 0 spiro atoms. The van der Waals surface area contributed by atoms with E-state index in [0.717, 1.165) is 4.40 Å². The molecule has 0 amide bonds. The SMILES string of the molecule is N#Cc1c(F)c(C(F)(F)F)c2c(c1F)c1c3ccccc3ccc1c1nc3ccccc3n12. The Labute approximate surface area is 181 Å². The van der Waals surface area contributed by atoms with Crippen LogP contribution in [-0.4, -0.2) is 9.38 Å². The quantitative estimate of drug-likeness (QED) is 0.184. The Morgan fingerprint density at radius 3 is 2.30 bits per heavy atom. The number of alkyl halides is 3. The number of halogens is 5. The third-order valence-corrected chi connectivity index (χ3v) is 5.95. The van der Waals surface area contributed by atoms with Gasteiger partial charge in [0.25, 0.3) is 0 Å². The fourth-order valence-electron chi connectivity index (χ4n) is 4.65. The normalized spacial score (nSPS) is 12.4. The van der Waals surface area contributed by atoms with Crippen molar-refractivity contribution in [3.8, 4) is 6.07 Å². The van der Waals surface area contributed by atoms with Gasteiger partial charge in [-0.1, -0.05) is 42.5 Å². The summed E-state index contributed by atoms with van der Waals surface area (Å²) in [5, 5.41) is 10.6. The third-order valence-electron chi connectivity index (χ3n) is 5.95. The molecule has 0 saturated heterocycles. The van der Waals surface area contributed by atoms with E-state index in [9.17, 15) is 18.4 Å². The lowest BCUT2D eigenvalue weighted by molar-refractivity contribution is -0.138. The Morgan fingerprint density at radius 1 is 0.818 bits per heavy atom. The van der Waals surface area contributed by atoms with Gasteiger partial charge < -0.3 is 0 Å². The monoisotopic (exact) mass is 447 g/mol. The number of imidazole rings is 1. The number of aromatic nitrogens is 2. The van der Waals surface area contributed by atoms with E-state index >= 15 is 8.78 Å². The molecule has 0 N–H and O–H groups in total. The first kappa shape index (κ1) is 19.4. The molecule has 0 saturated carbocycles. The lowest BCUT2D eigenvalue weighted by Gasteiger charge is -2.18. The van der Waals surface area contributed by atoms with Crippen molar-refractivity contribution in [1.29, 1.82) is 5.26 Å². The topological polar surface area (TPSA) is 41.1 Å². The first-order valence-corrected chi connectivity index (χ1v) is 9.85.